The van der Waals surface area contributed by atoms with Crippen molar-refractivity contribution in [2.24, 2.45) is 0 Å². The number of benzene rings is 1. The van der Waals surface area contributed by atoms with Crippen LogP contribution in [0.3, 0.4) is 0 Å². The predicted octanol–water partition coefficient (Wildman–Crippen LogP) is 5.72. The smallest absolute Gasteiger partial charge is 0.0813 e. The van der Waals surface area contributed by atoms with Crippen molar-refractivity contribution in [3.05, 3.63) is 35.9 Å². The van der Waals surface area contributed by atoms with Gasteiger partial charge < -0.3 is 0 Å². The molecule has 0 aromatic heterocycles. The van der Waals surface area contributed by atoms with Crippen LogP contribution in [0.15, 0.2) is 30.3 Å². The largest absolute Gasteiger partial charge is 0.119 e. The van der Waals surface area contributed by atoms with Gasteiger partial charge in [-0.05, 0) is 5.56 Å². The van der Waals surface area contributed by atoms with Gasteiger partial charge in [0.2, 0.25) is 0 Å². The molecule has 0 heterocycles. The van der Waals surface area contributed by atoms with E-state index in [1.807, 2.05) is 18.2 Å². The summed E-state index contributed by atoms with van der Waals surface area (Å²) in [5, 5.41) is 0. The summed E-state index contributed by atoms with van der Waals surface area (Å²) < 4.78 is -0.145. The normalized spacial score (nSPS) is 14.4. The average Bonchev–Trinajstić information content (AvgIpc) is 2.17. The highest BCUT2D eigenvalue weighted by Gasteiger charge is 2.38. The number of hydrogen-bond acceptors (Lipinski definition) is 0. The van der Waals surface area contributed by atoms with Crippen LogP contribution in [0.1, 0.15) is 10.4 Å². The Balaban J connectivity index is 2.90. The summed E-state index contributed by atoms with van der Waals surface area (Å²) in [6.07, 6.45) is 0. The molecule has 0 saturated carbocycles. The summed E-state index contributed by atoms with van der Waals surface area (Å²) in [7, 11) is 0. The molecule has 14 heavy (non-hydrogen) atoms. The summed E-state index contributed by atoms with van der Waals surface area (Å²) in [5.74, 6) is 0. The second-order valence-electron chi connectivity index (χ2n) is 2.75. The zero-order valence-corrected chi connectivity index (χ0v) is 14.9. The lowest BCUT2D eigenvalue weighted by Gasteiger charge is -2.28. The zero-order chi connectivity index (χ0) is 10.8. The minimum atomic E-state index is -0.263. The first-order chi connectivity index (χ1) is 6.46. The highest BCUT2D eigenvalue weighted by Crippen LogP contribution is 2.51. The third-order valence-corrected chi connectivity index (χ3v) is 9.93. The number of alkyl halides is 5. The molecule has 1 aromatic carbocycles. The molecule has 0 fully saturated rings. The first kappa shape index (κ1) is 13.7. The Labute approximate surface area is 126 Å². The molecular weight excluding hydrogens is 508 g/mol. The summed E-state index contributed by atoms with van der Waals surface area (Å²) in [6.45, 7) is 0. The van der Waals surface area contributed by atoms with E-state index in [1.165, 1.54) is 5.56 Å². The lowest BCUT2D eigenvalue weighted by Crippen LogP contribution is -2.25. The average molecular weight is 515 g/mol. The molecular formula is C9H7Br5. The maximum absolute atomic E-state index is 3.65. The van der Waals surface area contributed by atoms with Gasteiger partial charge in [-0.25, -0.2) is 0 Å². The van der Waals surface area contributed by atoms with E-state index in [1.54, 1.807) is 0 Å². The van der Waals surface area contributed by atoms with Crippen molar-refractivity contribution in [2.45, 2.75) is 11.8 Å². The van der Waals surface area contributed by atoms with Crippen molar-refractivity contribution in [1.82, 2.24) is 0 Å². The zero-order valence-electron chi connectivity index (χ0n) is 6.93. The van der Waals surface area contributed by atoms with Crippen molar-refractivity contribution in [1.29, 1.82) is 0 Å². The minimum absolute atomic E-state index is 0.118. The monoisotopic (exact) mass is 510 g/mol. The van der Waals surface area contributed by atoms with Crippen LogP contribution in [-0.2, 0) is 0 Å². The lowest BCUT2D eigenvalue weighted by atomic mass is 10.1. The highest BCUT2D eigenvalue weighted by atomic mass is 79.9. The van der Waals surface area contributed by atoms with Gasteiger partial charge in [0.05, 0.1) is 8.56 Å². The van der Waals surface area contributed by atoms with Gasteiger partial charge in [-0.3, -0.25) is 0 Å². The molecule has 78 valence electrons. The van der Waals surface area contributed by atoms with Crippen LogP contribution in [0, 0.1) is 0 Å². The fourth-order valence-corrected chi connectivity index (χ4v) is 3.29. The van der Waals surface area contributed by atoms with E-state index in [0.717, 1.165) is 0 Å². The van der Waals surface area contributed by atoms with Crippen LogP contribution in [0.2, 0.25) is 0 Å². The Kier molecular flexibility index (Phi) is 5.67. The van der Waals surface area contributed by atoms with Crippen LogP contribution in [-0.4, -0.2) is 6.97 Å². The van der Waals surface area contributed by atoms with Gasteiger partial charge in [0.15, 0.2) is 0 Å². The second kappa shape index (κ2) is 5.80. The summed E-state index contributed by atoms with van der Waals surface area (Å²) in [4.78, 5) is 0.167. The van der Waals surface area contributed by atoms with E-state index in [9.17, 15) is 0 Å². The van der Waals surface area contributed by atoms with E-state index in [0.29, 0.717) is 0 Å². The number of halogens is 5. The van der Waals surface area contributed by atoms with E-state index >= 15 is 0 Å². The van der Waals surface area contributed by atoms with Crippen LogP contribution in [0.4, 0.5) is 0 Å². The fourth-order valence-electron chi connectivity index (χ4n) is 0.955. The van der Waals surface area contributed by atoms with Crippen molar-refractivity contribution in [3.63, 3.8) is 0 Å². The molecule has 0 amide bonds. The van der Waals surface area contributed by atoms with Gasteiger partial charge in [0.25, 0.3) is 0 Å². The molecule has 0 aliphatic rings. The molecule has 0 aliphatic carbocycles. The third-order valence-electron chi connectivity index (χ3n) is 1.72. The van der Waals surface area contributed by atoms with Crippen molar-refractivity contribution >= 4 is 79.6 Å². The van der Waals surface area contributed by atoms with E-state index < -0.39 is 0 Å². The molecule has 0 spiro atoms. The quantitative estimate of drug-likeness (QED) is 0.453. The minimum Gasteiger partial charge on any atom is -0.0813 e. The molecule has 1 aromatic rings. The van der Waals surface area contributed by atoms with Gasteiger partial charge in [-0.15, -0.1) is 0 Å². The SMILES string of the molecule is BrC(Br)C(Br)(Br)C(Br)c1ccccc1. The lowest BCUT2D eigenvalue weighted by molar-refractivity contribution is 0.900. The molecule has 0 N–H and O–H groups in total. The Morgan fingerprint density at radius 3 is 1.86 bits per heavy atom. The van der Waals surface area contributed by atoms with Crippen LogP contribution >= 0.6 is 79.6 Å². The summed E-state index contributed by atoms with van der Waals surface area (Å²) in [5.41, 5.74) is 1.21. The molecule has 1 atom stereocenters. The molecule has 0 saturated heterocycles. The predicted molar refractivity (Wildman–Crippen MR) is 80.3 cm³/mol. The van der Waals surface area contributed by atoms with Gasteiger partial charge in [-0.2, -0.15) is 0 Å². The Hall–Kier alpha value is 1.62. The molecule has 5 heteroatoms. The van der Waals surface area contributed by atoms with Crippen molar-refractivity contribution < 1.29 is 0 Å². The Morgan fingerprint density at radius 2 is 1.43 bits per heavy atom. The third kappa shape index (κ3) is 3.30. The Morgan fingerprint density at radius 1 is 0.929 bits per heavy atom. The van der Waals surface area contributed by atoms with Gasteiger partial charge in [0.1, 0.15) is 3.23 Å². The van der Waals surface area contributed by atoms with E-state index in [4.69, 9.17) is 0 Å². The first-order valence-corrected chi connectivity index (χ1v) is 8.14. The number of hydrogen-bond donors (Lipinski definition) is 0. The molecule has 1 unspecified atom stereocenters. The van der Waals surface area contributed by atoms with Gasteiger partial charge >= 0.3 is 0 Å². The van der Waals surface area contributed by atoms with E-state index in [2.05, 4.69) is 91.8 Å². The topological polar surface area (TPSA) is 0 Å². The molecule has 0 bridgehead atoms. The first-order valence-electron chi connectivity index (χ1n) is 3.81. The summed E-state index contributed by atoms with van der Waals surface area (Å²) in [6, 6.07) is 10.2. The molecule has 1 rings (SSSR count). The maximum Gasteiger partial charge on any atom is 0.119 e. The van der Waals surface area contributed by atoms with E-state index in [-0.39, 0.29) is 11.8 Å². The van der Waals surface area contributed by atoms with Crippen LogP contribution in [0.5, 0.6) is 0 Å². The second-order valence-corrected chi connectivity index (χ2v) is 10.4. The molecule has 0 aliphatic heterocycles. The fraction of sp³-hybridized carbons (Fsp3) is 0.333. The molecule has 0 nitrogen and oxygen atoms in total. The van der Waals surface area contributed by atoms with Crippen LogP contribution in [0.25, 0.3) is 0 Å². The Bertz CT molecular complexity index is 283. The highest BCUT2D eigenvalue weighted by molar-refractivity contribution is 9.30. The standard InChI is InChI=1S/C9H7Br5/c10-7(9(13,14)8(11)12)6-4-2-1-3-5-6/h1-5,7-8H. The van der Waals surface area contributed by atoms with Crippen molar-refractivity contribution in [3.8, 4) is 0 Å². The maximum atomic E-state index is 3.65. The summed E-state index contributed by atoms with van der Waals surface area (Å²) >= 11 is 17.9. The number of rotatable bonds is 3. The van der Waals surface area contributed by atoms with Gasteiger partial charge in [-0.1, -0.05) is 110 Å². The molecule has 0 radical (unpaired) electrons. The van der Waals surface area contributed by atoms with Gasteiger partial charge in [0, 0.05) is 0 Å². The van der Waals surface area contributed by atoms with Crippen LogP contribution < -0.4 is 0 Å². The van der Waals surface area contributed by atoms with Crippen molar-refractivity contribution in [2.75, 3.05) is 0 Å².